The maximum atomic E-state index is 12.9. The molecule has 1 saturated heterocycles. The molecule has 5 rings (SSSR count). The molecule has 3 heterocycles. The highest BCUT2D eigenvalue weighted by Crippen LogP contribution is 2.27. The molecule has 0 saturated carbocycles. The number of para-hydroxylation sites is 1. The first-order valence-electron chi connectivity index (χ1n) is 10.1. The van der Waals surface area contributed by atoms with Gasteiger partial charge in [-0.25, -0.2) is 4.98 Å². The number of likely N-dealkylation sites (N-methyl/N-ethyl adjacent to an activating group) is 1. The van der Waals surface area contributed by atoms with Crippen molar-refractivity contribution in [3.05, 3.63) is 63.9 Å². The topological polar surface area (TPSA) is 85.1 Å². The van der Waals surface area contributed by atoms with Gasteiger partial charge in [-0.3, -0.25) is 9.59 Å². The predicted octanol–water partition coefficient (Wildman–Crippen LogP) is 2.77. The van der Waals surface area contributed by atoms with Crippen LogP contribution < -0.4 is 5.56 Å². The first kappa shape index (κ1) is 18.6. The maximum Gasteiger partial charge on any atom is 0.276 e. The number of carbonyl (C=O) groups is 1. The minimum Gasteiger partial charge on any atom is -0.353 e. The molecule has 0 atom stereocenters. The molecule has 0 aliphatic carbocycles. The van der Waals surface area contributed by atoms with Crippen molar-refractivity contribution in [1.29, 1.82) is 0 Å². The molecule has 7 nitrogen and oxygen atoms in total. The molecule has 4 aromatic rings. The van der Waals surface area contributed by atoms with Crippen molar-refractivity contribution >= 4 is 27.8 Å². The van der Waals surface area contributed by atoms with E-state index < -0.39 is 0 Å². The lowest BCUT2D eigenvalue weighted by atomic mass is 10.1. The minimum atomic E-state index is -0.254. The summed E-state index contributed by atoms with van der Waals surface area (Å²) in [7, 11) is 2.06. The number of aromatic nitrogens is 3. The van der Waals surface area contributed by atoms with Crippen LogP contribution in [-0.2, 0) is 0 Å². The van der Waals surface area contributed by atoms with Gasteiger partial charge in [0, 0.05) is 42.6 Å². The second-order valence-corrected chi connectivity index (χ2v) is 7.91. The Labute approximate surface area is 173 Å². The predicted molar refractivity (Wildman–Crippen MR) is 118 cm³/mol. The van der Waals surface area contributed by atoms with E-state index >= 15 is 0 Å². The van der Waals surface area contributed by atoms with E-state index in [9.17, 15) is 9.59 Å². The number of fused-ring (bicyclic) bond motifs is 2. The van der Waals surface area contributed by atoms with Crippen LogP contribution in [0.3, 0.4) is 0 Å². The second-order valence-electron chi connectivity index (χ2n) is 7.91. The summed E-state index contributed by atoms with van der Waals surface area (Å²) in [4.78, 5) is 40.6. The van der Waals surface area contributed by atoms with E-state index in [-0.39, 0.29) is 11.5 Å². The van der Waals surface area contributed by atoms with Gasteiger partial charge < -0.3 is 19.8 Å². The van der Waals surface area contributed by atoms with Gasteiger partial charge in [-0.05, 0) is 43.8 Å². The van der Waals surface area contributed by atoms with Crippen LogP contribution in [-0.4, -0.2) is 63.9 Å². The van der Waals surface area contributed by atoms with Crippen molar-refractivity contribution in [3.8, 4) is 11.4 Å². The fraction of sp³-hybridized carbons (Fsp3) is 0.261. The fourth-order valence-electron chi connectivity index (χ4n) is 4.10. The highest BCUT2D eigenvalue weighted by Gasteiger charge is 2.21. The summed E-state index contributed by atoms with van der Waals surface area (Å²) in [6, 6.07) is 13.2. The largest absolute Gasteiger partial charge is 0.353 e. The summed E-state index contributed by atoms with van der Waals surface area (Å²) in [6.07, 6.45) is 0. The molecule has 0 unspecified atom stereocenters. The molecule has 1 fully saturated rings. The molecule has 0 radical (unpaired) electrons. The molecule has 2 aromatic carbocycles. The number of rotatable bonds is 2. The van der Waals surface area contributed by atoms with Gasteiger partial charge in [0.25, 0.3) is 11.5 Å². The van der Waals surface area contributed by atoms with Crippen molar-refractivity contribution in [3.63, 3.8) is 0 Å². The van der Waals surface area contributed by atoms with Crippen LogP contribution in [0.15, 0.2) is 47.3 Å². The van der Waals surface area contributed by atoms with E-state index in [4.69, 9.17) is 0 Å². The van der Waals surface area contributed by atoms with Gasteiger partial charge >= 0.3 is 0 Å². The van der Waals surface area contributed by atoms with E-state index in [1.807, 2.05) is 36.1 Å². The third kappa shape index (κ3) is 3.07. The van der Waals surface area contributed by atoms with Gasteiger partial charge in [0.1, 0.15) is 0 Å². The standard InChI is InChI=1S/C23H23N5O2/c1-14-16-5-3-4-6-17(16)24-20(14)21-22(29)26-18-8-7-15(13-19(18)25-21)23(30)28-11-9-27(2)10-12-28/h3-8,13,24H,9-12H2,1-2H3,(H,26,29). The Morgan fingerprint density at radius 3 is 2.53 bits per heavy atom. The summed E-state index contributed by atoms with van der Waals surface area (Å²) in [5.74, 6) is 0.00124. The number of hydrogen-bond donors (Lipinski definition) is 2. The Balaban J connectivity index is 1.57. The van der Waals surface area contributed by atoms with Crippen LogP contribution in [0.4, 0.5) is 0 Å². The fourth-order valence-corrected chi connectivity index (χ4v) is 4.10. The second kappa shape index (κ2) is 7.11. The molecule has 1 aliphatic heterocycles. The Morgan fingerprint density at radius 1 is 1.00 bits per heavy atom. The molecule has 2 N–H and O–H groups in total. The Bertz CT molecular complexity index is 1330. The van der Waals surface area contributed by atoms with Crippen LogP contribution in [0.5, 0.6) is 0 Å². The average Bonchev–Trinajstić information content (AvgIpc) is 3.09. The molecule has 7 heteroatoms. The monoisotopic (exact) mass is 401 g/mol. The van der Waals surface area contributed by atoms with E-state index in [1.165, 1.54) is 0 Å². The number of nitrogens with zero attached hydrogens (tertiary/aromatic N) is 3. The number of aromatic amines is 2. The van der Waals surface area contributed by atoms with E-state index in [0.717, 1.165) is 29.6 Å². The van der Waals surface area contributed by atoms with Gasteiger partial charge in [-0.2, -0.15) is 0 Å². The Hall–Kier alpha value is -3.45. The van der Waals surface area contributed by atoms with Crippen LogP contribution >= 0.6 is 0 Å². The Morgan fingerprint density at radius 2 is 1.77 bits per heavy atom. The molecular formula is C23H23N5O2. The zero-order valence-corrected chi connectivity index (χ0v) is 17.0. The summed E-state index contributed by atoms with van der Waals surface area (Å²) < 4.78 is 0. The highest BCUT2D eigenvalue weighted by atomic mass is 16.2. The van der Waals surface area contributed by atoms with E-state index in [2.05, 4.69) is 26.9 Å². The summed E-state index contributed by atoms with van der Waals surface area (Å²) >= 11 is 0. The van der Waals surface area contributed by atoms with Gasteiger partial charge in [-0.15, -0.1) is 0 Å². The van der Waals surface area contributed by atoms with Crippen molar-refractivity contribution in [2.75, 3.05) is 33.2 Å². The van der Waals surface area contributed by atoms with Gasteiger partial charge in [0.05, 0.1) is 16.7 Å². The van der Waals surface area contributed by atoms with Crippen LogP contribution in [0.2, 0.25) is 0 Å². The lowest BCUT2D eigenvalue weighted by Gasteiger charge is -2.32. The lowest BCUT2D eigenvalue weighted by molar-refractivity contribution is 0.0664. The number of nitrogens with one attached hydrogen (secondary N) is 2. The molecule has 1 aliphatic rings. The third-order valence-corrected chi connectivity index (χ3v) is 5.93. The molecule has 2 aromatic heterocycles. The molecule has 1 amide bonds. The van der Waals surface area contributed by atoms with E-state index in [0.29, 0.717) is 41.1 Å². The summed E-state index contributed by atoms with van der Waals surface area (Å²) in [5.41, 5.74) is 4.53. The molecular weight excluding hydrogens is 378 g/mol. The van der Waals surface area contributed by atoms with Crippen molar-refractivity contribution in [2.45, 2.75) is 6.92 Å². The molecule has 152 valence electrons. The number of hydrogen-bond acceptors (Lipinski definition) is 4. The quantitative estimate of drug-likeness (QED) is 0.541. The van der Waals surface area contributed by atoms with Gasteiger partial charge in [0.15, 0.2) is 5.69 Å². The number of piperazine rings is 1. The van der Waals surface area contributed by atoms with Gasteiger partial charge in [-0.1, -0.05) is 18.2 Å². The number of aryl methyl sites for hydroxylation is 1. The normalized spacial score (nSPS) is 15.2. The summed E-state index contributed by atoms with van der Waals surface area (Å²) in [5, 5.41) is 1.06. The van der Waals surface area contributed by atoms with Crippen LogP contribution in [0.25, 0.3) is 33.3 Å². The first-order chi connectivity index (χ1) is 14.5. The number of carbonyl (C=O) groups excluding carboxylic acids is 1. The van der Waals surface area contributed by atoms with Crippen molar-refractivity contribution < 1.29 is 4.79 Å². The third-order valence-electron chi connectivity index (χ3n) is 5.93. The van der Waals surface area contributed by atoms with Crippen LogP contribution in [0, 0.1) is 6.92 Å². The number of benzene rings is 2. The molecule has 0 bridgehead atoms. The SMILES string of the molecule is Cc1c(-c2nc3cc(C(=O)N4CCN(C)CC4)ccc3[nH]c2=O)[nH]c2ccccc12. The van der Waals surface area contributed by atoms with E-state index in [1.54, 1.807) is 18.2 Å². The number of H-pyrrole nitrogens is 2. The number of amides is 1. The first-order valence-corrected chi connectivity index (χ1v) is 10.1. The Kier molecular flexibility index (Phi) is 4.40. The van der Waals surface area contributed by atoms with Crippen molar-refractivity contribution in [2.24, 2.45) is 0 Å². The molecule has 30 heavy (non-hydrogen) atoms. The van der Waals surface area contributed by atoms with Crippen molar-refractivity contribution in [1.82, 2.24) is 24.8 Å². The zero-order valence-electron chi connectivity index (χ0n) is 17.0. The smallest absolute Gasteiger partial charge is 0.276 e. The van der Waals surface area contributed by atoms with Crippen LogP contribution in [0.1, 0.15) is 15.9 Å². The maximum absolute atomic E-state index is 12.9. The zero-order chi connectivity index (χ0) is 20.8. The molecule has 0 spiro atoms. The van der Waals surface area contributed by atoms with Gasteiger partial charge in [0.2, 0.25) is 0 Å². The average molecular weight is 401 g/mol. The lowest BCUT2D eigenvalue weighted by Crippen LogP contribution is -2.47. The highest BCUT2D eigenvalue weighted by molar-refractivity contribution is 5.97. The summed E-state index contributed by atoms with van der Waals surface area (Å²) in [6.45, 7) is 5.15. The minimum absolute atomic E-state index is 0.00124.